The van der Waals surface area contributed by atoms with Crippen LogP contribution in [-0.4, -0.2) is 11.7 Å². The smallest absolute Gasteiger partial charge is 0.162 e. The van der Waals surface area contributed by atoms with Crippen molar-refractivity contribution in [1.82, 2.24) is 0 Å². The first kappa shape index (κ1) is 11.2. The highest BCUT2D eigenvalue weighted by Crippen LogP contribution is 2.17. The van der Waals surface area contributed by atoms with Crippen LogP contribution in [0.2, 0.25) is 0 Å². The van der Waals surface area contributed by atoms with E-state index in [0.29, 0.717) is 12.3 Å². The van der Waals surface area contributed by atoms with Crippen LogP contribution in [-0.2, 0) is 0 Å². The van der Waals surface area contributed by atoms with Crippen molar-refractivity contribution in [3.63, 3.8) is 0 Å². The Morgan fingerprint density at radius 2 is 1.81 bits per heavy atom. The van der Waals surface area contributed by atoms with Gasteiger partial charge in [0, 0.05) is 17.9 Å². The van der Waals surface area contributed by atoms with Gasteiger partial charge in [0.05, 0.1) is 0 Å². The molecule has 0 fully saturated rings. The number of Topliss-reactive ketones (excluding diaryl/α,β-unsaturated/α-hetero) is 1. The highest BCUT2D eigenvalue weighted by Gasteiger charge is 2.05. The fourth-order valence-corrected chi connectivity index (χ4v) is 1.87. The molecule has 0 aliphatic heterocycles. The Labute approximate surface area is 100 Å². The fourth-order valence-electron chi connectivity index (χ4n) is 1.73. The highest BCUT2D eigenvalue weighted by molar-refractivity contribution is 6.18. The lowest BCUT2D eigenvalue weighted by Crippen LogP contribution is -1.98. The summed E-state index contributed by atoms with van der Waals surface area (Å²) in [6.45, 7) is 0. The molecule has 2 heteroatoms. The number of halogens is 1. The zero-order chi connectivity index (χ0) is 11.4. The second-order valence-corrected chi connectivity index (χ2v) is 4.16. The van der Waals surface area contributed by atoms with Crippen LogP contribution in [0.25, 0.3) is 10.8 Å². The summed E-state index contributed by atoms with van der Waals surface area (Å²) >= 11 is 5.58. The second kappa shape index (κ2) is 5.13. The van der Waals surface area contributed by atoms with Crippen molar-refractivity contribution in [2.24, 2.45) is 0 Å². The van der Waals surface area contributed by atoms with Crippen LogP contribution in [0.4, 0.5) is 0 Å². The number of carbonyl (C=O) groups is 1. The topological polar surface area (TPSA) is 17.1 Å². The Bertz CT molecular complexity index is 505. The summed E-state index contributed by atoms with van der Waals surface area (Å²) in [6.07, 6.45) is 1.27. The summed E-state index contributed by atoms with van der Waals surface area (Å²) < 4.78 is 0. The average molecular weight is 233 g/mol. The molecule has 0 bridgehead atoms. The molecular formula is C14H13ClO. The van der Waals surface area contributed by atoms with Crippen molar-refractivity contribution < 1.29 is 4.79 Å². The Morgan fingerprint density at radius 3 is 2.56 bits per heavy atom. The molecule has 0 N–H and O–H groups in total. The molecule has 82 valence electrons. The van der Waals surface area contributed by atoms with Crippen LogP contribution in [0.3, 0.4) is 0 Å². The molecule has 0 aliphatic rings. The van der Waals surface area contributed by atoms with Gasteiger partial charge in [-0.05, 0) is 23.3 Å². The Morgan fingerprint density at radius 1 is 1.06 bits per heavy atom. The minimum Gasteiger partial charge on any atom is -0.294 e. The molecule has 0 aliphatic carbocycles. The quantitative estimate of drug-likeness (QED) is 0.574. The average Bonchev–Trinajstić information content (AvgIpc) is 2.35. The van der Waals surface area contributed by atoms with Gasteiger partial charge in [0.2, 0.25) is 0 Å². The molecule has 2 rings (SSSR count). The number of alkyl halides is 1. The van der Waals surface area contributed by atoms with Crippen LogP contribution >= 0.6 is 11.6 Å². The van der Waals surface area contributed by atoms with Crippen molar-refractivity contribution in [3.8, 4) is 0 Å². The number of rotatable bonds is 4. The largest absolute Gasteiger partial charge is 0.294 e. The number of ketones is 1. The van der Waals surface area contributed by atoms with E-state index in [2.05, 4.69) is 0 Å². The van der Waals surface area contributed by atoms with Gasteiger partial charge < -0.3 is 0 Å². The molecule has 0 unspecified atom stereocenters. The minimum absolute atomic E-state index is 0.173. The van der Waals surface area contributed by atoms with Gasteiger partial charge in [0.15, 0.2) is 5.78 Å². The zero-order valence-corrected chi connectivity index (χ0v) is 9.70. The maximum atomic E-state index is 11.8. The molecule has 1 nitrogen and oxygen atoms in total. The van der Waals surface area contributed by atoms with Gasteiger partial charge in [0.25, 0.3) is 0 Å². The lowest BCUT2D eigenvalue weighted by atomic mass is 10.0. The predicted molar refractivity (Wildman–Crippen MR) is 68.2 cm³/mol. The van der Waals surface area contributed by atoms with E-state index in [1.54, 1.807) is 0 Å². The summed E-state index contributed by atoms with van der Waals surface area (Å²) in [6, 6.07) is 13.9. The third-order valence-corrected chi connectivity index (χ3v) is 2.88. The van der Waals surface area contributed by atoms with E-state index in [1.807, 2.05) is 42.5 Å². The van der Waals surface area contributed by atoms with Crippen LogP contribution in [0, 0.1) is 0 Å². The molecule has 16 heavy (non-hydrogen) atoms. The first-order valence-electron chi connectivity index (χ1n) is 5.39. The van der Waals surface area contributed by atoms with E-state index in [1.165, 1.54) is 0 Å². The molecule has 0 saturated carbocycles. The Kier molecular flexibility index (Phi) is 3.58. The standard InChI is InChI=1S/C14H13ClO/c15-9-3-6-14(16)13-8-7-11-4-1-2-5-12(11)10-13/h1-2,4-5,7-8,10H,3,6,9H2. The van der Waals surface area contributed by atoms with Gasteiger partial charge in [-0.2, -0.15) is 0 Å². The SMILES string of the molecule is O=C(CCCCl)c1ccc2ccccc2c1. The second-order valence-electron chi connectivity index (χ2n) is 3.78. The molecule has 0 saturated heterocycles. The molecule has 0 spiro atoms. The number of hydrogen-bond donors (Lipinski definition) is 0. The van der Waals surface area contributed by atoms with Crippen molar-refractivity contribution >= 4 is 28.2 Å². The van der Waals surface area contributed by atoms with E-state index in [9.17, 15) is 4.79 Å². The molecular weight excluding hydrogens is 220 g/mol. The van der Waals surface area contributed by atoms with Gasteiger partial charge in [0.1, 0.15) is 0 Å². The fraction of sp³-hybridized carbons (Fsp3) is 0.214. The maximum absolute atomic E-state index is 11.8. The summed E-state index contributed by atoms with van der Waals surface area (Å²) in [4.78, 5) is 11.8. The van der Waals surface area contributed by atoms with Crippen molar-refractivity contribution in [1.29, 1.82) is 0 Å². The van der Waals surface area contributed by atoms with E-state index in [4.69, 9.17) is 11.6 Å². The van der Waals surface area contributed by atoms with Crippen LogP contribution in [0.1, 0.15) is 23.2 Å². The van der Waals surface area contributed by atoms with Crippen LogP contribution in [0.15, 0.2) is 42.5 Å². The molecule has 0 heterocycles. The first-order valence-corrected chi connectivity index (χ1v) is 5.92. The van der Waals surface area contributed by atoms with Gasteiger partial charge in [-0.1, -0.05) is 36.4 Å². The molecule has 2 aromatic carbocycles. The molecule has 0 amide bonds. The molecule has 2 aromatic rings. The van der Waals surface area contributed by atoms with E-state index >= 15 is 0 Å². The molecule has 0 radical (unpaired) electrons. The predicted octanol–water partition coefficient (Wildman–Crippen LogP) is 4.04. The van der Waals surface area contributed by atoms with Crippen molar-refractivity contribution in [3.05, 3.63) is 48.0 Å². The summed E-state index contributed by atoms with van der Waals surface area (Å²) in [5.74, 6) is 0.714. The normalized spacial score (nSPS) is 10.6. The number of benzene rings is 2. The van der Waals surface area contributed by atoms with Gasteiger partial charge >= 0.3 is 0 Å². The highest BCUT2D eigenvalue weighted by atomic mass is 35.5. The van der Waals surface area contributed by atoms with E-state index in [0.717, 1.165) is 22.8 Å². The zero-order valence-electron chi connectivity index (χ0n) is 8.95. The van der Waals surface area contributed by atoms with E-state index in [-0.39, 0.29) is 5.78 Å². The summed E-state index contributed by atoms with van der Waals surface area (Å²) in [5, 5.41) is 2.27. The van der Waals surface area contributed by atoms with Crippen molar-refractivity contribution in [2.75, 3.05) is 5.88 Å². The third-order valence-electron chi connectivity index (χ3n) is 2.61. The number of carbonyl (C=O) groups excluding carboxylic acids is 1. The monoisotopic (exact) mass is 232 g/mol. The van der Waals surface area contributed by atoms with Crippen LogP contribution < -0.4 is 0 Å². The Hall–Kier alpha value is -1.34. The molecule has 0 atom stereocenters. The van der Waals surface area contributed by atoms with Gasteiger partial charge in [-0.3, -0.25) is 4.79 Å². The number of hydrogen-bond acceptors (Lipinski definition) is 1. The number of fused-ring (bicyclic) bond motifs is 1. The van der Waals surface area contributed by atoms with Gasteiger partial charge in [-0.25, -0.2) is 0 Å². The van der Waals surface area contributed by atoms with E-state index < -0.39 is 0 Å². The third kappa shape index (κ3) is 2.42. The van der Waals surface area contributed by atoms with Gasteiger partial charge in [-0.15, -0.1) is 11.6 Å². The molecule has 0 aromatic heterocycles. The Balaban J connectivity index is 2.28. The first-order chi connectivity index (χ1) is 7.81. The maximum Gasteiger partial charge on any atom is 0.162 e. The van der Waals surface area contributed by atoms with Crippen LogP contribution in [0.5, 0.6) is 0 Å². The summed E-state index contributed by atoms with van der Waals surface area (Å²) in [7, 11) is 0. The van der Waals surface area contributed by atoms with Crippen molar-refractivity contribution in [2.45, 2.75) is 12.8 Å². The lowest BCUT2D eigenvalue weighted by molar-refractivity contribution is 0.0982. The summed E-state index contributed by atoms with van der Waals surface area (Å²) in [5.41, 5.74) is 0.781. The minimum atomic E-state index is 0.173. The lowest BCUT2D eigenvalue weighted by Gasteiger charge is -2.02.